The molecule has 0 saturated carbocycles. The maximum atomic E-state index is 5.58. The van der Waals surface area contributed by atoms with Gasteiger partial charge in [-0.1, -0.05) is 11.6 Å². The summed E-state index contributed by atoms with van der Waals surface area (Å²) < 4.78 is 0.580. The van der Waals surface area contributed by atoms with Gasteiger partial charge < -0.3 is 5.43 Å². The first-order valence-electron chi connectivity index (χ1n) is 2.38. The van der Waals surface area contributed by atoms with Gasteiger partial charge in [-0.25, -0.2) is 15.8 Å². The van der Waals surface area contributed by atoms with Gasteiger partial charge in [-0.15, -0.1) is 12.4 Å². The number of nitrogens with two attached hydrogens (primary N) is 1. The molecule has 4 nitrogen and oxygen atoms in total. The average Bonchev–Trinajstić information content (AvgIpc) is 1.88. The topological polar surface area (TPSA) is 63.8 Å². The smallest absolute Gasteiger partial charge is 0.178 e. The molecule has 0 aliphatic carbocycles. The Morgan fingerprint density at radius 2 is 2.27 bits per heavy atom. The second-order valence-corrected chi connectivity index (χ2v) is 2.65. The van der Waals surface area contributed by atoms with E-state index < -0.39 is 0 Å². The fourth-order valence-corrected chi connectivity index (χ4v) is 1.02. The van der Waals surface area contributed by atoms with Crippen molar-refractivity contribution in [1.82, 2.24) is 9.97 Å². The normalized spacial score (nSPS) is 8.64. The molecule has 0 unspecified atom stereocenters. The lowest BCUT2D eigenvalue weighted by Crippen LogP contribution is -2.09. The summed E-state index contributed by atoms with van der Waals surface area (Å²) in [7, 11) is 0. The maximum absolute atomic E-state index is 5.58. The highest BCUT2D eigenvalue weighted by atomic mass is 79.9. The van der Waals surface area contributed by atoms with E-state index in [1.165, 1.54) is 6.20 Å². The van der Waals surface area contributed by atoms with Crippen LogP contribution < -0.4 is 11.3 Å². The van der Waals surface area contributed by atoms with Gasteiger partial charge in [0.2, 0.25) is 0 Å². The lowest BCUT2D eigenvalue weighted by molar-refractivity contribution is 1.13. The van der Waals surface area contributed by atoms with Crippen LogP contribution in [0.25, 0.3) is 0 Å². The van der Waals surface area contributed by atoms with E-state index in [0.717, 1.165) is 0 Å². The van der Waals surface area contributed by atoms with Gasteiger partial charge in [0.15, 0.2) is 11.0 Å². The number of hydrogen-bond acceptors (Lipinski definition) is 4. The van der Waals surface area contributed by atoms with Gasteiger partial charge in [0.1, 0.15) is 4.60 Å². The fourth-order valence-electron chi connectivity index (χ4n) is 0.443. The van der Waals surface area contributed by atoms with E-state index >= 15 is 0 Å². The van der Waals surface area contributed by atoms with Crippen molar-refractivity contribution in [2.75, 3.05) is 5.43 Å². The van der Waals surface area contributed by atoms with E-state index in [4.69, 9.17) is 17.4 Å². The summed E-state index contributed by atoms with van der Waals surface area (Å²) >= 11 is 8.68. The molecular formula is C4H5BrCl2N4. The van der Waals surface area contributed by atoms with E-state index in [0.29, 0.717) is 10.4 Å². The van der Waals surface area contributed by atoms with E-state index in [1.54, 1.807) is 0 Å². The Kier molecular flexibility index (Phi) is 4.67. The zero-order valence-corrected chi connectivity index (χ0v) is 8.37. The molecule has 0 saturated heterocycles. The summed E-state index contributed by atoms with van der Waals surface area (Å²) in [5.74, 6) is 5.41. The SMILES string of the molecule is Cl.NNc1ncc(Br)nc1Cl. The van der Waals surface area contributed by atoms with Crippen LogP contribution in [-0.4, -0.2) is 9.97 Å². The molecule has 1 rings (SSSR count). The van der Waals surface area contributed by atoms with Crippen molar-refractivity contribution in [2.45, 2.75) is 0 Å². The predicted octanol–water partition coefficient (Wildman–Crippen LogP) is 1.60. The minimum Gasteiger partial charge on any atom is -0.306 e. The molecule has 0 bridgehead atoms. The number of nitrogen functional groups attached to an aromatic ring is 1. The van der Waals surface area contributed by atoms with Crippen molar-refractivity contribution in [2.24, 2.45) is 5.84 Å². The van der Waals surface area contributed by atoms with Crippen LogP contribution in [0.5, 0.6) is 0 Å². The fraction of sp³-hybridized carbons (Fsp3) is 0. The highest BCUT2D eigenvalue weighted by Crippen LogP contribution is 2.16. The van der Waals surface area contributed by atoms with Crippen LogP contribution in [0, 0.1) is 0 Å². The van der Waals surface area contributed by atoms with E-state index in [2.05, 4.69) is 31.3 Å². The van der Waals surface area contributed by atoms with Gasteiger partial charge in [-0.3, -0.25) is 0 Å². The predicted molar refractivity (Wildman–Crippen MR) is 49.8 cm³/mol. The Balaban J connectivity index is 0.000001000. The lowest BCUT2D eigenvalue weighted by atomic mass is 10.7. The van der Waals surface area contributed by atoms with Crippen molar-refractivity contribution in [1.29, 1.82) is 0 Å². The molecule has 1 aromatic heterocycles. The van der Waals surface area contributed by atoms with Gasteiger partial charge in [0, 0.05) is 0 Å². The molecule has 0 aromatic carbocycles. The highest BCUT2D eigenvalue weighted by molar-refractivity contribution is 9.10. The Hall–Kier alpha value is -0.100. The molecule has 0 aliphatic rings. The third-order valence-electron chi connectivity index (χ3n) is 0.837. The van der Waals surface area contributed by atoms with Crippen LogP contribution in [0.1, 0.15) is 0 Å². The third kappa shape index (κ3) is 2.78. The molecule has 1 aromatic rings. The number of hydrogen-bond donors (Lipinski definition) is 2. The van der Waals surface area contributed by atoms with E-state index in [-0.39, 0.29) is 17.6 Å². The molecule has 0 spiro atoms. The van der Waals surface area contributed by atoms with Crippen LogP contribution >= 0.6 is 39.9 Å². The molecule has 7 heteroatoms. The summed E-state index contributed by atoms with van der Waals surface area (Å²) in [4.78, 5) is 7.64. The number of rotatable bonds is 1. The summed E-state index contributed by atoms with van der Waals surface area (Å²) in [6, 6.07) is 0. The summed E-state index contributed by atoms with van der Waals surface area (Å²) in [5.41, 5.74) is 2.30. The quantitative estimate of drug-likeness (QED) is 0.594. The van der Waals surface area contributed by atoms with Gasteiger partial charge in [-0.2, -0.15) is 0 Å². The van der Waals surface area contributed by atoms with Crippen LogP contribution in [0.3, 0.4) is 0 Å². The van der Waals surface area contributed by atoms with E-state index in [9.17, 15) is 0 Å². The van der Waals surface area contributed by atoms with Gasteiger partial charge in [0.25, 0.3) is 0 Å². The third-order valence-corrected chi connectivity index (χ3v) is 1.48. The van der Waals surface area contributed by atoms with Gasteiger partial charge in [-0.05, 0) is 15.9 Å². The molecule has 62 valence electrons. The van der Waals surface area contributed by atoms with E-state index in [1.807, 2.05) is 0 Å². The second-order valence-electron chi connectivity index (χ2n) is 1.48. The number of nitrogens with one attached hydrogen (secondary N) is 1. The van der Waals surface area contributed by atoms with Crippen molar-refractivity contribution in [3.05, 3.63) is 16.0 Å². The van der Waals surface area contributed by atoms with Crippen LogP contribution in [0.2, 0.25) is 5.15 Å². The summed E-state index contributed by atoms with van der Waals surface area (Å²) in [6.45, 7) is 0. The number of nitrogens with zero attached hydrogens (tertiary/aromatic N) is 2. The zero-order chi connectivity index (χ0) is 7.56. The molecular weight excluding hydrogens is 255 g/mol. The molecule has 11 heavy (non-hydrogen) atoms. The van der Waals surface area contributed by atoms with Crippen LogP contribution in [0.4, 0.5) is 5.82 Å². The standard InChI is InChI=1S/C4H4BrClN4.ClH/c5-2-1-8-4(10-7)3(6)9-2;/h1H,7H2,(H,8,10);1H. The molecule has 0 amide bonds. The Morgan fingerprint density at radius 3 is 2.73 bits per heavy atom. The maximum Gasteiger partial charge on any atom is 0.178 e. The molecule has 0 radical (unpaired) electrons. The second kappa shape index (κ2) is 4.71. The minimum atomic E-state index is 0. The van der Waals surface area contributed by atoms with Crippen molar-refractivity contribution >= 4 is 45.8 Å². The molecule has 0 fully saturated rings. The van der Waals surface area contributed by atoms with Crippen molar-refractivity contribution in [3.63, 3.8) is 0 Å². The van der Waals surface area contributed by atoms with Gasteiger partial charge >= 0.3 is 0 Å². The number of halogens is 3. The summed E-state index contributed by atoms with van der Waals surface area (Å²) in [5, 5.41) is 0.247. The molecule has 3 N–H and O–H groups in total. The number of hydrazine groups is 1. The Bertz CT molecular complexity index is 244. The van der Waals surface area contributed by atoms with Gasteiger partial charge in [0.05, 0.1) is 6.20 Å². The Labute approximate surface area is 83.1 Å². The largest absolute Gasteiger partial charge is 0.306 e. The highest BCUT2D eigenvalue weighted by Gasteiger charge is 2.00. The molecule has 0 aliphatic heterocycles. The molecule has 0 atom stereocenters. The Morgan fingerprint density at radius 1 is 1.64 bits per heavy atom. The first-order chi connectivity index (χ1) is 4.74. The lowest BCUT2D eigenvalue weighted by Gasteiger charge is -1.98. The minimum absolute atomic E-state index is 0. The van der Waals surface area contributed by atoms with Crippen molar-refractivity contribution in [3.8, 4) is 0 Å². The zero-order valence-electron chi connectivity index (χ0n) is 5.21. The monoisotopic (exact) mass is 258 g/mol. The molecule has 1 heterocycles. The first kappa shape index (κ1) is 10.9. The summed E-state index contributed by atoms with van der Waals surface area (Å²) in [6.07, 6.45) is 1.50. The number of aromatic nitrogens is 2. The van der Waals surface area contributed by atoms with Crippen LogP contribution in [0.15, 0.2) is 10.8 Å². The van der Waals surface area contributed by atoms with Crippen LogP contribution in [-0.2, 0) is 0 Å². The number of anilines is 1. The average molecular weight is 260 g/mol. The first-order valence-corrected chi connectivity index (χ1v) is 3.56. The van der Waals surface area contributed by atoms with Crippen molar-refractivity contribution < 1.29 is 0 Å².